The van der Waals surface area contributed by atoms with Crippen LogP contribution in [0.3, 0.4) is 0 Å². The molecule has 13 N–H and O–H groups in total. The van der Waals surface area contributed by atoms with E-state index in [4.69, 9.17) is 72.4 Å². The summed E-state index contributed by atoms with van der Waals surface area (Å²) in [6, 6.07) is 0. The van der Waals surface area contributed by atoms with Gasteiger partial charge in [-0.1, -0.05) is 29.7 Å². The Morgan fingerprint density at radius 2 is 0.429 bits per heavy atom. The molecule has 0 aliphatic rings. The van der Waals surface area contributed by atoms with Crippen molar-refractivity contribution in [2.75, 3.05) is 0 Å². The Kier molecular flexibility index (Phi) is 34000. The van der Waals surface area contributed by atoms with Crippen LogP contribution in [0.4, 0.5) is 0 Å². The van der Waals surface area contributed by atoms with Crippen LogP contribution in [0.25, 0.3) is 0 Å². The number of rotatable bonds is 0. The largest absolute Gasteiger partial charge is 1.00 e. The van der Waals surface area contributed by atoms with E-state index in [0.717, 1.165) is 0 Å². The summed E-state index contributed by atoms with van der Waals surface area (Å²) in [5.41, 5.74) is 0. The minimum Gasteiger partial charge on any atom is -0.727 e. The molecule has 0 spiro atoms. The Morgan fingerprint density at radius 3 is 0.429 bits per heavy atom. The summed E-state index contributed by atoms with van der Waals surface area (Å²) in [4.78, 5) is 28.0. The zero-order valence-corrected chi connectivity index (χ0v) is 7.49. The zero-order valence-electron chi connectivity index (χ0n) is 9.49. The summed E-state index contributed by atoms with van der Waals surface area (Å²) >= 11 is 0. The van der Waals surface area contributed by atoms with Crippen molar-refractivity contribution >= 4 is 0 Å². The van der Waals surface area contributed by atoms with Crippen LogP contribution < -0.4 is 15.8 Å². The molecule has 0 saturated heterocycles. The van der Waals surface area contributed by atoms with Gasteiger partial charge < -0.3 is 48.0 Å². The van der Waals surface area contributed by atoms with Crippen molar-refractivity contribution < 1.29 is 71.9 Å². The van der Waals surface area contributed by atoms with Gasteiger partial charge in [0, 0.05) is 19.9 Å². The average Bonchev–Trinajstić information content (AvgIpc) is 2.45. The van der Waals surface area contributed by atoms with Crippen molar-refractivity contribution in [3.8, 4) is 0 Å². The quantitative estimate of drug-likeness (QED) is 0.168. The lowest BCUT2D eigenvalue weighted by atomic mass is 12.0. The second-order valence-electron chi connectivity index (χ2n) is 0. The van der Waals surface area contributed by atoms with Crippen LogP contribution in [-0.2, 0) is 0 Å². The highest BCUT2D eigenvalue weighted by molar-refractivity contribution is 4.08. The molecule has 0 unspecified atom stereocenters. The van der Waals surface area contributed by atoms with E-state index in [1.807, 2.05) is 0 Å². The summed E-state index contributed by atoms with van der Waals surface area (Å²) in [7, 11) is 0. The van der Waals surface area contributed by atoms with Gasteiger partial charge >= 0.3 is 2.85 Å². The first-order chi connectivity index (χ1) is 7.00. The Morgan fingerprint density at radius 1 is 0.429 bits per heavy atom. The van der Waals surface area contributed by atoms with Gasteiger partial charge in [-0.15, -0.1) is 0 Å². The monoisotopic (exact) mass is 351 g/mol. The summed E-state index contributed by atoms with van der Waals surface area (Å²) in [5, 5.41) is 63.0. The highest BCUT2D eigenvalue weighted by Crippen LogP contribution is 0.743. The first kappa shape index (κ1) is 213. The SMILES string of the molecule is C.C.C.C.O.O.O.O=O.O=O.OO.OO.[H+].[H+].[O-]O.[O-]O.[O-]O. The fourth-order valence-corrected chi connectivity index (χ4v) is 0. The number of hydrogen-bond donors (Lipinski definition) is 7. The third-order valence-electron chi connectivity index (χ3n) is 0. The second-order valence-corrected chi connectivity index (χ2v) is 0. The fraction of sp³-hybridized carbons (Fsp3) is 1.00. The molecule has 0 aromatic rings. The van der Waals surface area contributed by atoms with E-state index in [1.54, 1.807) is 0 Å². The molecule has 0 amide bonds. The molecule has 0 fully saturated rings. The van der Waals surface area contributed by atoms with Gasteiger partial charge in [-0.25, -0.2) is 0 Å². The van der Waals surface area contributed by atoms with Crippen LogP contribution >= 0.6 is 0 Å². The van der Waals surface area contributed by atoms with Gasteiger partial charge in [0.1, 0.15) is 0 Å². The maximum atomic E-state index is 7.25. The fourth-order valence-electron chi connectivity index (χ4n) is 0. The van der Waals surface area contributed by atoms with Gasteiger partial charge in [-0.05, 0) is 0 Å². The third-order valence-corrected chi connectivity index (χ3v) is 0. The minimum absolute atomic E-state index is 0. The Hall–Kier alpha value is -1.32. The molecular formula is C4H31O17-. The van der Waals surface area contributed by atoms with E-state index in [2.05, 4.69) is 0 Å². The van der Waals surface area contributed by atoms with Crippen molar-refractivity contribution in [1.82, 2.24) is 0 Å². The molecule has 0 aliphatic carbocycles. The molecule has 17 nitrogen and oxygen atoms in total. The molecule has 0 saturated carbocycles. The zero-order chi connectivity index (χ0) is 14.0. The summed E-state index contributed by atoms with van der Waals surface area (Å²) < 4.78 is 0. The van der Waals surface area contributed by atoms with Crippen LogP contribution in [0.2, 0.25) is 0 Å². The molecule has 0 aliphatic heterocycles. The minimum atomic E-state index is 0. The van der Waals surface area contributed by atoms with Crippen LogP contribution in [0.5, 0.6) is 0 Å². The Labute approximate surface area is 123 Å². The summed E-state index contributed by atoms with van der Waals surface area (Å²) in [6.07, 6.45) is 0. The number of hydrogen-bond acceptors (Lipinski definition) is 14. The van der Waals surface area contributed by atoms with Crippen molar-refractivity contribution in [3.63, 3.8) is 0 Å². The molecule has 0 radical (unpaired) electrons. The lowest BCUT2D eigenvalue weighted by Gasteiger charge is -1.61. The van der Waals surface area contributed by atoms with E-state index >= 15 is 0 Å². The predicted molar refractivity (Wildman–Crippen MR) is 71.9 cm³/mol. The van der Waals surface area contributed by atoms with Crippen LogP contribution in [0, 0.1) is 19.9 Å². The van der Waals surface area contributed by atoms with Crippen LogP contribution in [0.1, 0.15) is 32.6 Å². The third kappa shape index (κ3) is 2980. The highest BCUT2D eigenvalue weighted by atomic mass is 17.0. The molecule has 0 heterocycles. The van der Waals surface area contributed by atoms with E-state index in [0.29, 0.717) is 0 Å². The standard InChI is InChI=1S/4CH4.5H2O2.2O2.3H2O/c;;;;7*1-2;;;/h4*1H4;5*1-2H;;;3*1H2/p-1. The maximum Gasteiger partial charge on any atom is 1.00 e. The molecular weight excluding hydrogens is 320 g/mol. The van der Waals surface area contributed by atoms with Crippen molar-refractivity contribution in [1.29, 1.82) is 0 Å². The molecule has 0 aromatic heterocycles. The summed E-state index contributed by atoms with van der Waals surface area (Å²) in [6.45, 7) is 0. The maximum absolute atomic E-state index is 7.25. The molecule has 0 aromatic carbocycles. The van der Waals surface area contributed by atoms with Crippen molar-refractivity contribution in [2.45, 2.75) is 29.7 Å². The molecule has 21 heavy (non-hydrogen) atoms. The van der Waals surface area contributed by atoms with Gasteiger partial charge in [-0.2, -0.15) is 0 Å². The van der Waals surface area contributed by atoms with E-state index in [9.17, 15) is 0 Å². The van der Waals surface area contributed by atoms with Gasteiger partial charge in [-0.3, -0.25) is 21.0 Å². The summed E-state index contributed by atoms with van der Waals surface area (Å²) in [5.74, 6) is 0. The second kappa shape index (κ2) is 3350. The Balaban J connectivity index is -0.00000000167. The van der Waals surface area contributed by atoms with Gasteiger partial charge in [0.25, 0.3) is 0 Å². The molecule has 0 rings (SSSR count). The Bertz CT molecular complexity index is 26.6. The average molecular weight is 351 g/mol. The lowest BCUT2D eigenvalue weighted by Crippen LogP contribution is -1.84. The molecule has 0 bridgehead atoms. The van der Waals surface area contributed by atoms with E-state index < -0.39 is 0 Å². The molecule has 0 atom stereocenters. The van der Waals surface area contributed by atoms with Gasteiger partial charge in [0.15, 0.2) is 0 Å². The molecule has 17 heteroatoms. The van der Waals surface area contributed by atoms with Gasteiger partial charge in [0.2, 0.25) is 0 Å². The predicted octanol–water partition coefficient (Wildman–Crippen LogP) is -3.08. The topological polar surface area (TPSA) is 374 Å². The first-order valence-corrected chi connectivity index (χ1v) is 1.28. The van der Waals surface area contributed by atoms with Crippen molar-refractivity contribution in [3.05, 3.63) is 19.9 Å². The van der Waals surface area contributed by atoms with Crippen LogP contribution in [-0.4, -0.2) is 53.2 Å². The normalized spacial score (nSPS) is 1.81. The smallest absolute Gasteiger partial charge is 0.727 e. The van der Waals surface area contributed by atoms with Crippen molar-refractivity contribution in [2.24, 2.45) is 0 Å². The highest BCUT2D eigenvalue weighted by Gasteiger charge is 0.748. The van der Waals surface area contributed by atoms with E-state index in [-0.39, 0.29) is 49.0 Å². The van der Waals surface area contributed by atoms with Crippen LogP contribution in [0.15, 0.2) is 0 Å². The molecule has 150 valence electrons. The van der Waals surface area contributed by atoms with Gasteiger partial charge in [0.05, 0.1) is 0 Å². The lowest BCUT2D eigenvalue weighted by molar-refractivity contribution is -0.670. The first-order valence-electron chi connectivity index (χ1n) is 1.28. The van der Waals surface area contributed by atoms with E-state index in [1.165, 1.54) is 0 Å².